The molecule has 4 heteroatoms. The standard InChI is InChI=1S/C20H18N2OS/c23-19(22-20-21-16-6-1-2-7-17(16)24-20)15-11-10-13-9-8-12-4-3-5-14(15)18(12)13/h3-5,10-11H,1-2,6-9H2,(H,21,22,23). The topological polar surface area (TPSA) is 42.0 Å². The molecule has 0 aliphatic heterocycles. The van der Waals surface area contributed by atoms with Crippen molar-refractivity contribution in [2.45, 2.75) is 38.5 Å². The molecule has 0 unspecified atom stereocenters. The summed E-state index contributed by atoms with van der Waals surface area (Å²) < 4.78 is 0. The van der Waals surface area contributed by atoms with Crippen LogP contribution >= 0.6 is 11.3 Å². The summed E-state index contributed by atoms with van der Waals surface area (Å²) in [5.74, 6) is -0.0447. The quantitative estimate of drug-likeness (QED) is 0.748. The Labute approximate surface area is 144 Å². The molecule has 2 aromatic carbocycles. The number of aromatic nitrogens is 1. The van der Waals surface area contributed by atoms with Gasteiger partial charge in [0, 0.05) is 10.4 Å². The number of hydrogen-bond acceptors (Lipinski definition) is 3. The van der Waals surface area contributed by atoms with E-state index in [1.165, 1.54) is 39.9 Å². The molecule has 0 spiro atoms. The fraction of sp³-hybridized carbons (Fsp3) is 0.300. The predicted molar refractivity (Wildman–Crippen MR) is 98.1 cm³/mol. The fourth-order valence-corrected chi connectivity index (χ4v) is 5.06. The Morgan fingerprint density at radius 3 is 2.71 bits per heavy atom. The number of nitrogens with zero attached hydrogens (tertiary/aromatic N) is 1. The van der Waals surface area contributed by atoms with Gasteiger partial charge < -0.3 is 0 Å². The highest BCUT2D eigenvalue weighted by atomic mass is 32.1. The molecule has 0 saturated carbocycles. The number of benzene rings is 2. The second-order valence-corrected chi connectivity index (χ2v) is 7.75. The largest absolute Gasteiger partial charge is 0.298 e. The van der Waals surface area contributed by atoms with E-state index < -0.39 is 0 Å². The van der Waals surface area contributed by atoms with Gasteiger partial charge in [-0.3, -0.25) is 10.1 Å². The van der Waals surface area contributed by atoms with Gasteiger partial charge >= 0.3 is 0 Å². The number of carbonyl (C=O) groups excluding carboxylic acids is 1. The Morgan fingerprint density at radius 2 is 1.83 bits per heavy atom. The first-order chi connectivity index (χ1) is 11.8. The van der Waals surface area contributed by atoms with Gasteiger partial charge in [-0.2, -0.15) is 0 Å². The molecule has 24 heavy (non-hydrogen) atoms. The van der Waals surface area contributed by atoms with Crippen molar-refractivity contribution >= 4 is 33.1 Å². The SMILES string of the molecule is O=C(Nc1nc2c(s1)CCCC2)c1ccc2c3c(cccc13)CC2. The zero-order chi connectivity index (χ0) is 16.1. The summed E-state index contributed by atoms with van der Waals surface area (Å²) in [6.45, 7) is 0. The third kappa shape index (κ3) is 2.17. The van der Waals surface area contributed by atoms with Crippen LogP contribution in [-0.4, -0.2) is 10.9 Å². The highest BCUT2D eigenvalue weighted by molar-refractivity contribution is 7.15. The number of anilines is 1. The summed E-state index contributed by atoms with van der Waals surface area (Å²) in [6, 6.07) is 10.4. The molecule has 5 rings (SSSR count). The zero-order valence-electron chi connectivity index (χ0n) is 13.4. The molecule has 0 radical (unpaired) electrons. The smallest absolute Gasteiger partial charge is 0.258 e. The molecule has 2 aliphatic rings. The van der Waals surface area contributed by atoms with Crippen molar-refractivity contribution in [3.05, 3.63) is 57.6 Å². The predicted octanol–water partition coefficient (Wildman–Crippen LogP) is 4.53. The molecule has 1 heterocycles. The lowest BCUT2D eigenvalue weighted by molar-refractivity contribution is 0.102. The lowest BCUT2D eigenvalue weighted by atomic mass is 9.99. The monoisotopic (exact) mass is 334 g/mol. The Hall–Kier alpha value is -2.20. The van der Waals surface area contributed by atoms with Gasteiger partial charge in [-0.25, -0.2) is 4.98 Å². The molecule has 2 aliphatic carbocycles. The highest BCUT2D eigenvalue weighted by Crippen LogP contribution is 2.34. The Morgan fingerprint density at radius 1 is 1.00 bits per heavy atom. The maximum atomic E-state index is 12.8. The second kappa shape index (κ2) is 5.42. The highest BCUT2D eigenvalue weighted by Gasteiger charge is 2.20. The summed E-state index contributed by atoms with van der Waals surface area (Å²) in [6.07, 6.45) is 6.75. The lowest BCUT2D eigenvalue weighted by Gasteiger charge is -2.08. The van der Waals surface area contributed by atoms with E-state index in [0.29, 0.717) is 0 Å². The van der Waals surface area contributed by atoms with Gasteiger partial charge in [0.15, 0.2) is 5.13 Å². The molecule has 0 saturated heterocycles. The van der Waals surface area contributed by atoms with E-state index in [1.54, 1.807) is 11.3 Å². The Kier molecular flexibility index (Phi) is 3.20. The number of rotatable bonds is 2. The normalized spacial score (nSPS) is 15.5. The van der Waals surface area contributed by atoms with Gasteiger partial charge in [-0.1, -0.05) is 24.3 Å². The van der Waals surface area contributed by atoms with Crippen molar-refractivity contribution < 1.29 is 4.79 Å². The summed E-state index contributed by atoms with van der Waals surface area (Å²) in [7, 11) is 0. The molecule has 1 N–H and O–H groups in total. The lowest BCUT2D eigenvalue weighted by Crippen LogP contribution is -2.12. The fourth-order valence-electron chi connectivity index (χ4n) is 4.01. The van der Waals surface area contributed by atoms with Gasteiger partial charge in [-0.05, 0) is 66.5 Å². The van der Waals surface area contributed by atoms with Gasteiger partial charge in [0.25, 0.3) is 5.91 Å². The Balaban J connectivity index is 1.52. The molecule has 3 nitrogen and oxygen atoms in total. The number of thiazole rings is 1. The zero-order valence-corrected chi connectivity index (χ0v) is 14.2. The summed E-state index contributed by atoms with van der Waals surface area (Å²) >= 11 is 1.64. The van der Waals surface area contributed by atoms with E-state index >= 15 is 0 Å². The van der Waals surface area contributed by atoms with Crippen LogP contribution < -0.4 is 5.32 Å². The first-order valence-electron chi connectivity index (χ1n) is 8.63. The first-order valence-corrected chi connectivity index (χ1v) is 9.44. The van der Waals surface area contributed by atoms with E-state index in [0.717, 1.165) is 41.8 Å². The van der Waals surface area contributed by atoms with Crippen LogP contribution in [0.25, 0.3) is 10.8 Å². The molecule has 120 valence electrons. The van der Waals surface area contributed by atoms with Crippen LogP contribution in [0, 0.1) is 0 Å². The van der Waals surface area contributed by atoms with Crippen LogP contribution in [-0.2, 0) is 25.7 Å². The van der Waals surface area contributed by atoms with E-state index in [1.807, 2.05) is 6.07 Å². The van der Waals surface area contributed by atoms with E-state index in [9.17, 15) is 4.79 Å². The maximum absolute atomic E-state index is 12.8. The van der Waals surface area contributed by atoms with Gasteiger partial charge in [-0.15, -0.1) is 11.3 Å². The van der Waals surface area contributed by atoms with Crippen molar-refractivity contribution in [1.29, 1.82) is 0 Å². The summed E-state index contributed by atoms with van der Waals surface area (Å²) in [4.78, 5) is 18.8. The maximum Gasteiger partial charge on any atom is 0.258 e. The van der Waals surface area contributed by atoms with Crippen LogP contribution in [0.1, 0.15) is 44.9 Å². The number of nitrogens with one attached hydrogen (secondary N) is 1. The van der Waals surface area contributed by atoms with Crippen molar-refractivity contribution in [1.82, 2.24) is 4.98 Å². The number of carbonyl (C=O) groups is 1. The molecular formula is C20H18N2OS. The van der Waals surface area contributed by atoms with Gasteiger partial charge in [0.2, 0.25) is 0 Å². The van der Waals surface area contributed by atoms with Crippen molar-refractivity contribution in [2.75, 3.05) is 5.32 Å². The van der Waals surface area contributed by atoms with E-state index in [4.69, 9.17) is 0 Å². The van der Waals surface area contributed by atoms with E-state index in [2.05, 4.69) is 34.6 Å². The van der Waals surface area contributed by atoms with Crippen molar-refractivity contribution in [2.24, 2.45) is 0 Å². The molecule has 1 aromatic heterocycles. The first kappa shape index (κ1) is 14.2. The summed E-state index contributed by atoms with van der Waals surface area (Å²) in [5, 5.41) is 6.13. The molecule has 3 aromatic rings. The molecule has 0 atom stereocenters. The minimum Gasteiger partial charge on any atom is -0.298 e. The van der Waals surface area contributed by atoms with Crippen LogP contribution in [0.2, 0.25) is 0 Å². The van der Waals surface area contributed by atoms with Crippen molar-refractivity contribution in [3.63, 3.8) is 0 Å². The van der Waals surface area contributed by atoms with Crippen molar-refractivity contribution in [3.8, 4) is 0 Å². The average molecular weight is 334 g/mol. The third-order valence-electron chi connectivity index (χ3n) is 5.19. The average Bonchev–Trinajstić information content (AvgIpc) is 3.20. The second-order valence-electron chi connectivity index (χ2n) is 6.66. The minimum atomic E-state index is -0.0447. The number of fused-ring (bicyclic) bond motifs is 1. The molecule has 0 fully saturated rings. The van der Waals surface area contributed by atoms with Crippen LogP contribution in [0.15, 0.2) is 30.3 Å². The third-order valence-corrected chi connectivity index (χ3v) is 6.26. The van der Waals surface area contributed by atoms with Gasteiger partial charge in [0.05, 0.1) is 5.69 Å². The van der Waals surface area contributed by atoms with Crippen LogP contribution in [0.4, 0.5) is 5.13 Å². The number of aryl methyl sites for hydroxylation is 4. The number of hydrogen-bond donors (Lipinski definition) is 1. The van der Waals surface area contributed by atoms with E-state index in [-0.39, 0.29) is 5.91 Å². The molecule has 1 amide bonds. The molecular weight excluding hydrogens is 316 g/mol. The van der Waals surface area contributed by atoms with Crippen LogP contribution in [0.3, 0.4) is 0 Å². The van der Waals surface area contributed by atoms with Crippen LogP contribution in [0.5, 0.6) is 0 Å². The Bertz CT molecular complexity index is 939. The summed E-state index contributed by atoms with van der Waals surface area (Å²) in [5.41, 5.74) is 4.66. The van der Waals surface area contributed by atoms with Gasteiger partial charge in [0.1, 0.15) is 0 Å². The molecule has 0 bridgehead atoms. The number of amides is 1. The minimum absolute atomic E-state index is 0.0447.